The van der Waals surface area contributed by atoms with Crippen LogP contribution in [-0.2, 0) is 9.59 Å². The number of para-hydroxylation sites is 1. The number of nitrogens with one attached hydrogen (secondary N) is 2. The minimum absolute atomic E-state index is 0.237. The van der Waals surface area contributed by atoms with E-state index in [4.69, 9.17) is 0 Å². The Morgan fingerprint density at radius 3 is 1.70 bits per heavy atom. The van der Waals surface area contributed by atoms with Gasteiger partial charge in [-0.1, -0.05) is 45.9 Å². The van der Waals surface area contributed by atoms with E-state index >= 15 is 0 Å². The largest absolute Gasteiger partial charge is 0.378 e. The molecule has 27 heavy (non-hydrogen) atoms. The summed E-state index contributed by atoms with van der Waals surface area (Å²) in [5.41, 5.74) is 4.40. The van der Waals surface area contributed by atoms with E-state index in [0.717, 1.165) is 22.5 Å². The third kappa shape index (κ3) is 5.09. The molecule has 0 saturated heterocycles. The van der Waals surface area contributed by atoms with E-state index in [9.17, 15) is 9.59 Å². The van der Waals surface area contributed by atoms with Crippen LogP contribution in [0.5, 0.6) is 0 Å². The van der Waals surface area contributed by atoms with Crippen LogP contribution in [0.25, 0.3) is 0 Å². The van der Waals surface area contributed by atoms with E-state index in [-0.39, 0.29) is 11.8 Å². The SMILES string of the molecule is CC(C)c1cccc(C(C)C)c1NC(=O)C(=O)Nc1ccc(N(C)C)cc1. The summed E-state index contributed by atoms with van der Waals surface area (Å²) in [4.78, 5) is 26.8. The van der Waals surface area contributed by atoms with E-state index in [1.807, 2.05) is 49.3 Å². The second-order valence-corrected chi connectivity index (χ2v) is 7.47. The average Bonchev–Trinajstić information content (AvgIpc) is 2.61. The Balaban J connectivity index is 2.18. The van der Waals surface area contributed by atoms with E-state index in [0.29, 0.717) is 5.69 Å². The predicted octanol–water partition coefficient (Wildman–Crippen LogP) is 4.58. The lowest BCUT2D eigenvalue weighted by Crippen LogP contribution is -2.30. The fraction of sp³-hybridized carbons (Fsp3) is 0.364. The second kappa shape index (κ2) is 8.71. The van der Waals surface area contributed by atoms with E-state index in [1.54, 1.807) is 12.1 Å². The van der Waals surface area contributed by atoms with Crippen LogP contribution in [0, 0.1) is 0 Å². The highest BCUT2D eigenvalue weighted by Gasteiger charge is 2.20. The van der Waals surface area contributed by atoms with Crippen LogP contribution < -0.4 is 15.5 Å². The van der Waals surface area contributed by atoms with Gasteiger partial charge in [-0.2, -0.15) is 0 Å². The van der Waals surface area contributed by atoms with Gasteiger partial charge in [0.15, 0.2) is 0 Å². The first-order valence-corrected chi connectivity index (χ1v) is 9.23. The third-order valence-corrected chi connectivity index (χ3v) is 4.46. The van der Waals surface area contributed by atoms with Gasteiger partial charge in [0, 0.05) is 31.2 Å². The lowest BCUT2D eigenvalue weighted by atomic mass is 9.92. The van der Waals surface area contributed by atoms with Gasteiger partial charge >= 0.3 is 11.8 Å². The van der Waals surface area contributed by atoms with E-state index in [1.165, 1.54) is 0 Å². The summed E-state index contributed by atoms with van der Waals surface area (Å²) in [6.07, 6.45) is 0. The molecule has 2 aromatic carbocycles. The minimum Gasteiger partial charge on any atom is -0.378 e. The van der Waals surface area contributed by atoms with Crippen molar-refractivity contribution in [1.29, 1.82) is 0 Å². The molecule has 0 bridgehead atoms. The first-order valence-electron chi connectivity index (χ1n) is 9.23. The van der Waals surface area contributed by atoms with Gasteiger partial charge in [-0.25, -0.2) is 0 Å². The molecule has 0 aromatic heterocycles. The standard InChI is InChI=1S/C22H29N3O2/c1-14(2)18-8-7-9-19(15(3)4)20(18)24-22(27)21(26)23-16-10-12-17(13-11-16)25(5)6/h7-15H,1-6H3,(H,23,26)(H,24,27). The Morgan fingerprint density at radius 2 is 1.26 bits per heavy atom. The van der Waals surface area contributed by atoms with Crippen LogP contribution in [0.3, 0.4) is 0 Å². The van der Waals surface area contributed by atoms with Crippen molar-refractivity contribution in [1.82, 2.24) is 0 Å². The highest BCUT2D eigenvalue weighted by Crippen LogP contribution is 2.32. The summed E-state index contributed by atoms with van der Waals surface area (Å²) in [5.74, 6) is -0.871. The maximum atomic E-state index is 12.5. The van der Waals surface area contributed by atoms with Crippen LogP contribution in [0.2, 0.25) is 0 Å². The molecule has 144 valence electrons. The molecule has 0 radical (unpaired) electrons. The summed E-state index contributed by atoms with van der Waals surface area (Å²) in [6.45, 7) is 8.28. The molecule has 5 heteroatoms. The van der Waals surface area contributed by atoms with E-state index < -0.39 is 11.8 Å². The zero-order chi connectivity index (χ0) is 20.1. The molecule has 5 nitrogen and oxygen atoms in total. The molecular weight excluding hydrogens is 338 g/mol. The minimum atomic E-state index is -0.680. The van der Waals surface area contributed by atoms with Gasteiger partial charge in [-0.3, -0.25) is 9.59 Å². The fourth-order valence-corrected chi connectivity index (χ4v) is 2.90. The van der Waals surface area contributed by atoms with Crippen molar-refractivity contribution in [3.05, 3.63) is 53.6 Å². The normalized spacial score (nSPS) is 10.8. The summed E-state index contributed by atoms with van der Waals surface area (Å²) >= 11 is 0. The second-order valence-electron chi connectivity index (χ2n) is 7.47. The van der Waals surface area contributed by atoms with Crippen molar-refractivity contribution in [2.45, 2.75) is 39.5 Å². The monoisotopic (exact) mass is 367 g/mol. The Labute approximate surface area is 161 Å². The molecule has 0 aliphatic carbocycles. The third-order valence-electron chi connectivity index (χ3n) is 4.46. The number of carbonyl (C=O) groups excluding carboxylic acids is 2. The zero-order valence-electron chi connectivity index (χ0n) is 17.0. The molecular formula is C22H29N3O2. The molecule has 0 fully saturated rings. The summed E-state index contributed by atoms with van der Waals surface area (Å²) in [6, 6.07) is 13.3. The fourth-order valence-electron chi connectivity index (χ4n) is 2.90. The Morgan fingerprint density at radius 1 is 0.778 bits per heavy atom. The van der Waals surface area contributed by atoms with E-state index in [2.05, 4.69) is 38.3 Å². The van der Waals surface area contributed by atoms with Crippen molar-refractivity contribution >= 4 is 28.9 Å². The lowest BCUT2D eigenvalue weighted by molar-refractivity contribution is -0.133. The van der Waals surface area contributed by atoms with Gasteiger partial charge in [0.05, 0.1) is 0 Å². The number of nitrogens with zero attached hydrogens (tertiary/aromatic N) is 1. The number of carbonyl (C=O) groups is 2. The number of anilines is 3. The number of benzene rings is 2. The van der Waals surface area contributed by atoms with Crippen LogP contribution >= 0.6 is 0 Å². The maximum Gasteiger partial charge on any atom is 0.314 e. The van der Waals surface area contributed by atoms with Gasteiger partial charge in [-0.15, -0.1) is 0 Å². The van der Waals surface area contributed by atoms with Crippen LogP contribution in [0.1, 0.15) is 50.7 Å². The molecule has 0 aliphatic rings. The Hall–Kier alpha value is -2.82. The van der Waals surface area contributed by atoms with Crippen LogP contribution in [-0.4, -0.2) is 25.9 Å². The quantitative estimate of drug-likeness (QED) is 0.761. The van der Waals surface area contributed by atoms with Crippen LogP contribution in [0.4, 0.5) is 17.1 Å². The Kier molecular flexibility index (Phi) is 6.61. The number of rotatable bonds is 5. The highest BCUT2D eigenvalue weighted by atomic mass is 16.2. The number of hydrogen-bond acceptors (Lipinski definition) is 3. The van der Waals surface area contributed by atoms with Crippen molar-refractivity contribution in [3.63, 3.8) is 0 Å². The maximum absolute atomic E-state index is 12.5. The summed E-state index contributed by atoms with van der Waals surface area (Å²) in [7, 11) is 3.89. The molecule has 2 aromatic rings. The zero-order valence-corrected chi connectivity index (χ0v) is 17.0. The highest BCUT2D eigenvalue weighted by molar-refractivity contribution is 6.43. The van der Waals surface area contributed by atoms with Crippen molar-refractivity contribution < 1.29 is 9.59 Å². The molecule has 0 aliphatic heterocycles. The van der Waals surface area contributed by atoms with Crippen LogP contribution in [0.15, 0.2) is 42.5 Å². The molecule has 2 rings (SSSR count). The molecule has 0 atom stereocenters. The smallest absolute Gasteiger partial charge is 0.314 e. The molecule has 2 N–H and O–H groups in total. The van der Waals surface area contributed by atoms with Crippen molar-refractivity contribution in [2.24, 2.45) is 0 Å². The molecule has 0 spiro atoms. The first-order chi connectivity index (χ1) is 12.7. The molecule has 0 heterocycles. The topological polar surface area (TPSA) is 61.4 Å². The number of amides is 2. The van der Waals surface area contributed by atoms with Gasteiger partial charge in [0.25, 0.3) is 0 Å². The van der Waals surface area contributed by atoms with Gasteiger partial charge in [-0.05, 0) is 47.2 Å². The summed E-state index contributed by atoms with van der Waals surface area (Å²) in [5, 5.41) is 5.49. The van der Waals surface area contributed by atoms with Crippen molar-refractivity contribution in [2.75, 3.05) is 29.6 Å². The molecule has 0 saturated carbocycles. The Bertz CT molecular complexity index is 783. The van der Waals surface area contributed by atoms with Crippen molar-refractivity contribution in [3.8, 4) is 0 Å². The molecule has 0 unspecified atom stereocenters. The molecule has 2 amide bonds. The predicted molar refractivity (Wildman–Crippen MR) is 113 cm³/mol. The first kappa shape index (κ1) is 20.5. The summed E-state index contributed by atoms with van der Waals surface area (Å²) < 4.78 is 0. The number of hydrogen-bond donors (Lipinski definition) is 2. The lowest BCUT2D eigenvalue weighted by Gasteiger charge is -2.20. The van der Waals surface area contributed by atoms with Gasteiger partial charge in [0.1, 0.15) is 0 Å². The van der Waals surface area contributed by atoms with Gasteiger partial charge < -0.3 is 15.5 Å². The van der Waals surface area contributed by atoms with Gasteiger partial charge in [0.2, 0.25) is 0 Å². The average molecular weight is 367 g/mol.